The number of ether oxygens (including phenoxy) is 1. The normalized spacial score (nSPS) is 38.8. The molecule has 1 spiro atoms. The fourth-order valence-corrected chi connectivity index (χ4v) is 3.23. The Morgan fingerprint density at radius 1 is 1.38 bits per heavy atom. The van der Waals surface area contributed by atoms with E-state index in [-0.39, 0.29) is 17.6 Å². The van der Waals surface area contributed by atoms with Crippen molar-refractivity contribution in [2.45, 2.75) is 43.7 Å². The molecule has 90 valence electrons. The Balaban J connectivity index is 1.67. The highest BCUT2D eigenvalue weighted by molar-refractivity contribution is 5.83. The van der Waals surface area contributed by atoms with E-state index in [1.165, 1.54) is 19.3 Å². The van der Waals surface area contributed by atoms with Crippen LogP contribution in [0.1, 0.15) is 32.1 Å². The molecule has 0 aliphatic carbocycles. The third kappa shape index (κ3) is 1.55. The third-order valence-electron chi connectivity index (χ3n) is 4.29. The molecule has 3 aliphatic rings. The van der Waals surface area contributed by atoms with Crippen LogP contribution in [0.25, 0.3) is 0 Å². The van der Waals surface area contributed by atoms with Crippen LogP contribution in [0.3, 0.4) is 0 Å². The van der Waals surface area contributed by atoms with Crippen molar-refractivity contribution < 1.29 is 9.53 Å². The predicted octanol–water partition coefficient (Wildman–Crippen LogP) is 0.520. The van der Waals surface area contributed by atoms with Crippen LogP contribution in [-0.2, 0) is 9.53 Å². The maximum atomic E-state index is 12.3. The number of rotatable bonds is 1. The van der Waals surface area contributed by atoms with Gasteiger partial charge >= 0.3 is 0 Å². The Bertz CT molecular complexity index is 281. The third-order valence-corrected chi connectivity index (χ3v) is 4.29. The van der Waals surface area contributed by atoms with Crippen molar-refractivity contribution in [3.8, 4) is 0 Å². The second-order valence-electron chi connectivity index (χ2n) is 5.25. The number of carbonyl (C=O) groups is 1. The summed E-state index contributed by atoms with van der Waals surface area (Å²) in [5.74, 6) is 0.243. The van der Waals surface area contributed by atoms with Gasteiger partial charge in [-0.05, 0) is 38.6 Å². The van der Waals surface area contributed by atoms with Gasteiger partial charge in [0.05, 0.1) is 5.54 Å². The monoisotopic (exact) mass is 224 g/mol. The Morgan fingerprint density at radius 2 is 2.31 bits per heavy atom. The lowest BCUT2D eigenvalue weighted by atomic mass is 9.78. The molecule has 4 nitrogen and oxygen atoms in total. The Hall–Kier alpha value is -0.610. The highest BCUT2D eigenvalue weighted by Gasteiger charge is 2.49. The summed E-state index contributed by atoms with van der Waals surface area (Å²) in [5.41, 5.74) is 0.140. The average molecular weight is 224 g/mol. The molecule has 0 radical (unpaired) electrons. The Kier molecular flexibility index (Phi) is 2.64. The summed E-state index contributed by atoms with van der Waals surface area (Å²) in [6.07, 6.45) is 5.33. The van der Waals surface area contributed by atoms with Crippen molar-refractivity contribution in [1.82, 2.24) is 10.2 Å². The van der Waals surface area contributed by atoms with Crippen molar-refractivity contribution in [3.63, 3.8) is 0 Å². The highest BCUT2D eigenvalue weighted by atomic mass is 16.5. The fourth-order valence-electron chi connectivity index (χ4n) is 3.23. The second kappa shape index (κ2) is 4.00. The van der Waals surface area contributed by atoms with Crippen molar-refractivity contribution in [1.29, 1.82) is 0 Å². The molecule has 1 N–H and O–H groups in total. The molecule has 16 heavy (non-hydrogen) atoms. The summed E-state index contributed by atoms with van der Waals surface area (Å²) in [5, 5.41) is 3.42. The van der Waals surface area contributed by atoms with Crippen molar-refractivity contribution in [3.05, 3.63) is 0 Å². The number of nitrogens with one attached hydrogen (secondary N) is 1. The van der Waals surface area contributed by atoms with Crippen LogP contribution in [0.4, 0.5) is 0 Å². The van der Waals surface area contributed by atoms with Crippen LogP contribution in [0.2, 0.25) is 0 Å². The van der Waals surface area contributed by atoms with E-state index in [0.717, 1.165) is 39.1 Å². The second-order valence-corrected chi connectivity index (χ2v) is 5.25. The van der Waals surface area contributed by atoms with Gasteiger partial charge in [0.15, 0.2) is 0 Å². The minimum Gasteiger partial charge on any atom is -0.368 e. The quantitative estimate of drug-likeness (QED) is 0.706. The number of piperidine rings is 1. The van der Waals surface area contributed by atoms with Crippen LogP contribution in [-0.4, -0.2) is 48.7 Å². The van der Waals surface area contributed by atoms with Gasteiger partial charge in [0, 0.05) is 19.7 Å². The summed E-state index contributed by atoms with van der Waals surface area (Å²) in [7, 11) is 0. The zero-order valence-corrected chi connectivity index (χ0v) is 9.71. The first-order valence-electron chi connectivity index (χ1n) is 6.46. The Morgan fingerprint density at radius 3 is 2.88 bits per heavy atom. The lowest BCUT2D eigenvalue weighted by Crippen LogP contribution is -2.69. The smallest absolute Gasteiger partial charge is 0.252 e. The maximum absolute atomic E-state index is 12.3. The van der Waals surface area contributed by atoms with Gasteiger partial charge in [-0.3, -0.25) is 4.79 Å². The molecule has 0 saturated carbocycles. The van der Waals surface area contributed by atoms with Crippen molar-refractivity contribution >= 4 is 5.91 Å². The zero-order chi connectivity index (χ0) is 11.0. The molecule has 0 aromatic carbocycles. The molecule has 0 bridgehead atoms. The number of carbonyl (C=O) groups excluding carboxylic acids is 1. The van der Waals surface area contributed by atoms with E-state index in [4.69, 9.17) is 4.74 Å². The van der Waals surface area contributed by atoms with Crippen molar-refractivity contribution in [2.75, 3.05) is 26.2 Å². The van der Waals surface area contributed by atoms with Gasteiger partial charge in [-0.25, -0.2) is 0 Å². The van der Waals surface area contributed by atoms with Crippen LogP contribution < -0.4 is 5.32 Å². The summed E-state index contributed by atoms with van der Waals surface area (Å²) in [6, 6.07) is 0. The van der Waals surface area contributed by atoms with E-state index in [0.29, 0.717) is 0 Å². The average Bonchev–Trinajstić information content (AvgIpc) is 2.82. The van der Waals surface area contributed by atoms with Gasteiger partial charge in [0.25, 0.3) is 5.91 Å². The molecule has 3 heterocycles. The summed E-state index contributed by atoms with van der Waals surface area (Å²) in [6.45, 7) is 3.77. The molecule has 3 saturated heterocycles. The topological polar surface area (TPSA) is 41.6 Å². The number of likely N-dealkylation sites (tertiary alicyclic amines) is 1. The standard InChI is InChI=1S/C12H20N2O2/c15-11(10-3-1-8-16-10)14-7-5-12(14)4-2-6-13-9-12/h10,13H,1-9H2/t10-,12+/m1/s1. The summed E-state index contributed by atoms with van der Waals surface area (Å²) < 4.78 is 5.49. The van der Waals surface area contributed by atoms with E-state index < -0.39 is 0 Å². The van der Waals surface area contributed by atoms with Gasteiger partial charge in [-0.15, -0.1) is 0 Å². The van der Waals surface area contributed by atoms with Crippen LogP contribution >= 0.6 is 0 Å². The summed E-state index contributed by atoms with van der Waals surface area (Å²) in [4.78, 5) is 14.4. The molecular weight excluding hydrogens is 204 g/mol. The highest BCUT2D eigenvalue weighted by Crippen LogP contribution is 2.37. The lowest BCUT2D eigenvalue weighted by Gasteiger charge is -2.55. The predicted molar refractivity (Wildman–Crippen MR) is 60.1 cm³/mol. The number of hydrogen-bond donors (Lipinski definition) is 1. The van der Waals surface area contributed by atoms with E-state index in [1.54, 1.807) is 0 Å². The largest absolute Gasteiger partial charge is 0.368 e. The Labute approximate surface area is 96.3 Å². The van der Waals surface area contributed by atoms with Crippen LogP contribution in [0, 0.1) is 0 Å². The molecular formula is C12H20N2O2. The number of amides is 1. The van der Waals surface area contributed by atoms with Crippen LogP contribution in [0.15, 0.2) is 0 Å². The molecule has 3 fully saturated rings. The lowest BCUT2D eigenvalue weighted by molar-refractivity contribution is -0.159. The molecule has 3 rings (SSSR count). The van der Waals surface area contributed by atoms with Crippen LogP contribution in [0.5, 0.6) is 0 Å². The minimum absolute atomic E-state index is 0.140. The SMILES string of the molecule is O=C([C@H]1CCCO1)N1CC[C@]12CCCNC2. The summed E-state index contributed by atoms with van der Waals surface area (Å²) >= 11 is 0. The van der Waals surface area contributed by atoms with E-state index in [2.05, 4.69) is 10.2 Å². The first-order valence-corrected chi connectivity index (χ1v) is 6.46. The van der Waals surface area contributed by atoms with E-state index in [1.807, 2.05) is 0 Å². The van der Waals surface area contributed by atoms with E-state index in [9.17, 15) is 4.79 Å². The number of nitrogens with zero attached hydrogens (tertiary/aromatic N) is 1. The van der Waals surface area contributed by atoms with Gasteiger partial charge in [0.1, 0.15) is 6.10 Å². The molecule has 0 unspecified atom stereocenters. The van der Waals surface area contributed by atoms with E-state index >= 15 is 0 Å². The first-order chi connectivity index (χ1) is 7.82. The fraction of sp³-hybridized carbons (Fsp3) is 0.917. The van der Waals surface area contributed by atoms with Crippen molar-refractivity contribution in [2.24, 2.45) is 0 Å². The molecule has 3 aliphatic heterocycles. The maximum Gasteiger partial charge on any atom is 0.252 e. The minimum atomic E-state index is -0.140. The first kappa shape index (κ1) is 10.5. The van der Waals surface area contributed by atoms with Gasteiger partial charge < -0.3 is 15.0 Å². The molecule has 1 amide bonds. The van der Waals surface area contributed by atoms with Gasteiger partial charge in [-0.1, -0.05) is 0 Å². The number of hydrogen-bond acceptors (Lipinski definition) is 3. The molecule has 2 atom stereocenters. The van der Waals surface area contributed by atoms with Gasteiger partial charge in [-0.2, -0.15) is 0 Å². The molecule has 4 heteroatoms. The molecule has 0 aromatic heterocycles. The molecule has 0 aromatic rings. The van der Waals surface area contributed by atoms with Gasteiger partial charge in [0.2, 0.25) is 0 Å². The zero-order valence-electron chi connectivity index (χ0n) is 9.71.